The standard InChI is InChI=1S/C12H12F3N3O/c1-8-5-6-18(16-8)10-4-3-9(12(13,14)15)7-11(10)17(2)19/h3-7,19H,1-2H3. The first-order valence-corrected chi connectivity index (χ1v) is 5.45. The van der Waals surface area contributed by atoms with Gasteiger partial charge in [-0.15, -0.1) is 0 Å². The SMILES string of the molecule is Cc1ccn(-c2ccc(C(F)(F)F)cc2N(C)O)n1. The average Bonchev–Trinajstić information content (AvgIpc) is 2.73. The summed E-state index contributed by atoms with van der Waals surface area (Å²) in [6.07, 6.45) is -2.84. The van der Waals surface area contributed by atoms with E-state index < -0.39 is 11.7 Å². The summed E-state index contributed by atoms with van der Waals surface area (Å²) in [7, 11) is 1.26. The predicted molar refractivity (Wildman–Crippen MR) is 63.5 cm³/mol. The quantitative estimate of drug-likeness (QED) is 0.854. The Morgan fingerprint density at radius 1 is 1.26 bits per heavy atom. The molecule has 7 heteroatoms. The molecule has 0 saturated heterocycles. The van der Waals surface area contributed by atoms with Gasteiger partial charge in [0, 0.05) is 13.2 Å². The molecule has 1 aromatic carbocycles. The number of anilines is 1. The number of benzene rings is 1. The van der Waals surface area contributed by atoms with E-state index >= 15 is 0 Å². The molecular weight excluding hydrogens is 259 g/mol. The molecule has 0 radical (unpaired) electrons. The molecule has 2 rings (SSSR count). The van der Waals surface area contributed by atoms with E-state index in [1.807, 2.05) is 0 Å². The molecule has 0 amide bonds. The first-order chi connectivity index (χ1) is 8.79. The van der Waals surface area contributed by atoms with Gasteiger partial charge in [-0.05, 0) is 31.2 Å². The Labute approximate surface area is 107 Å². The van der Waals surface area contributed by atoms with Crippen LogP contribution in [0.4, 0.5) is 18.9 Å². The Bertz CT molecular complexity index is 590. The van der Waals surface area contributed by atoms with Gasteiger partial charge in [0.15, 0.2) is 0 Å². The molecule has 0 aliphatic carbocycles. The lowest BCUT2D eigenvalue weighted by Gasteiger charge is -2.18. The highest BCUT2D eigenvalue weighted by molar-refractivity contribution is 5.62. The van der Waals surface area contributed by atoms with E-state index in [1.165, 1.54) is 17.8 Å². The summed E-state index contributed by atoms with van der Waals surface area (Å²) in [5.74, 6) is 0. The zero-order valence-electron chi connectivity index (χ0n) is 10.3. The molecule has 1 aromatic heterocycles. The topological polar surface area (TPSA) is 41.3 Å². The minimum atomic E-state index is -4.46. The Kier molecular flexibility index (Phi) is 3.23. The molecule has 1 N–H and O–H groups in total. The van der Waals surface area contributed by atoms with E-state index in [0.717, 1.165) is 17.8 Å². The van der Waals surface area contributed by atoms with E-state index in [9.17, 15) is 18.4 Å². The maximum atomic E-state index is 12.6. The highest BCUT2D eigenvalue weighted by Crippen LogP contribution is 2.34. The molecule has 102 valence electrons. The summed E-state index contributed by atoms with van der Waals surface area (Å²) in [5, 5.41) is 14.2. The zero-order chi connectivity index (χ0) is 14.2. The summed E-state index contributed by atoms with van der Waals surface area (Å²) in [5.41, 5.74) is 0.298. The van der Waals surface area contributed by atoms with E-state index in [2.05, 4.69) is 5.10 Å². The second-order valence-electron chi connectivity index (χ2n) is 4.13. The Hall–Kier alpha value is -2.02. The largest absolute Gasteiger partial charge is 0.416 e. The van der Waals surface area contributed by atoms with Crippen LogP contribution in [0.25, 0.3) is 5.69 Å². The van der Waals surface area contributed by atoms with E-state index in [4.69, 9.17) is 0 Å². The number of hydrogen-bond acceptors (Lipinski definition) is 3. The summed E-state index contributed by atoms with van der Waals surface area (Å²) in [4.78, 5) is 0. The molecule has 0 saturated carbocycles. The summed E-state index contributed by atoms with van der Waals surface area (Å²) in [6, 6.07) is 4.84. The van der Waals surface area contributed by atoms with Gasteiger partial charge in [0.1, 0.15) is 0 Å². The van der Waals surface area contributed by atoms with Crippen LogP contribution in [-0.4, -0.2) is 22.0 Å². The van der Waals surface area contributed by atoms with Gasteiger partial charge in [0.05, 0.1) is 22.6 Å². The molecule has 0 spiro atoms. The van der Waals surface area contributed by atoms with Gasteiger partial charge in [-0.1, -0.05) is 0 Å². The van der Waals surface area contributed by atoms with Crippen LogP contribution >= 0.6 is 0 Å². The first kappa shape index (κ1) is 13.4. The monoisotopic (exact) mass is 271 g/mol. The normalized spacial score (nSPS) is 11.7. The molecule has 2 aromatic rings. The summed E-state index contributed by atoms with van der Waals surface area (Å²) >= 11 is 0. The van der Waals surface area contributed by atoms with Gasteiger partial charge >= 0.3 is 6.18 Å². The maximum Gasteiger partial charge on any atom is 0.416 e. The van der Waals surface area contributed by atoms with Crippen LogP contribution in [-0.2, 0) is 6.18 Å². The van der Waals surface area contributed by atoms with Crippen molar-refractivity contribution in [3.05, 3.63) is 41.7 Å². The summed E-state index contributed by atoms with van der Waals surface area (Å²) in [6.45, 7) is 1.77. The Morgan fingerprint density at radius 3 is 2.42 bits per heavy atom. The van der Waals surface area contributed by atoms with Crippen molar-refractivity contribution < 1.29 is 18.4 Å². The van der Waals surface area contributed by atoms with E-state index in [-0.39, 0.29) is 5.69 Å². The molecular formula is C12H12F3N3O. The number of hydrogen-bond donors (Lipinski definition) is 1. The smallest absolute Gasteiger partial charge is 0.289 e. The second-order valence-corrected chi connectivity index (χ2v) is 4.13. The van der Waals surface area contributed by atoms with Crippen LogP contribution < -0.4 is 5.06 Å². The number of rotatable bonds is 2. The highest BCUT2D eigenvalue weighted by atomic mass is 19.4. The molecule has 0 unspecified atom stereocenters. The number of aryl methyl sites for hydroxylation is 1. The van der Waals surface area contributed by atoms with Crippen molar-refractivity contribution in [3.8, 4) is 5.69 Å². The average molecular weight is 271 g/mol. The number of nitrogens with zero attached hydrogens (tertiary/aromatic N) is 3. The van der Waals surface area contributed by atoms with Gasteiger partial charge < -0.3 is 0 Å². The van der Waals surface area contributed by atoms with Gasteiger partial charge in [-0.25, -0.2) is 4.68 Å². The minimum Gasteiger partial charge on any atom is -0.289 e. The van der Waals surface area contributed by atoms with Crippen LogP contribution in [0.2, 0.25) is 0 Å². The molecule has 0 fully saturated rings. The van der Waals surface area contributed by atoms with E-state index in [0.29, 0.717) is 10.8 Å². The van der Waals surface area contributed by atoms with Crippen molar-refractivity contribution in [3.63, 3.8) is 0 Å². The van der Waals surface area contributed by atoms with Gasteiger partial charge in [-0.2, -0.15) is 18.3 Å². The predicted octanol–water partition coefficient (Wildman–Crippen LogP) is 3.02. The van der Waals surface area contributed by atoms with Gasteiger partial charge in [0.25, 0.3) is 0 Å². The molecule has 0 aliphatic heterocycles. The number of halogens is 3. The first-order valence-electron chi connectivity index (χ1n) is 5.45. The van der Waals surface area contributed by atoms with Gasteiger partial charge in [-0.3, -0.25) is 10.3 Å². The fourth-order valence-electron chi connectivity index (χ4n) is 1.70. The van der Waals surface area contributed by atoms with Crippen molar-refractivity contribution >= 4 is 5.69 Å². The molecule has 19 heavy (non-hydrogen) atoms. The molecule has 1 heterocycles. The lowest BCUT2D eigenvalue weighted by molar-refractivity contribution is -0.137. The third-order valence-electron chi connectivity index (χ3n) is 2.62. The number of alkyl halides is 3. The lowest BCUT2D eigenvalue weighted by Crippen LogP contribution is -2.15. The highest BCUT2D eigenvalue weighted by Gasteiger charge is 2.31. The zero-order valence-corrected chi connectivity index (χ0v) is 10.3. The third-order valence-corrected chi connectivity index (χ3v) is 2.62. The second kappa shape index (κ2) is 4.58. The van der Waals surface area contributed by atoms with Crippen LogP contribution in [0.1, 0.15) is 11.3 Å². The van der Waals surface area contributed by atoms with Crippen LogP contribution in [0.5, 0.6) is 0 Å². The Morgan fingerprint density at radius 2 is 1.95 bits per heavy atom. The molecule has 0 bridgehead atoms. The fraction of sp³-hybridized carbons (Fsp3) is 0.250. The molecule has 4 nitrogen and oxygen atoms in total. The van der Waals surface area contributed by atoms with Crippen LogP contribution in [0.3, 0.4) is 0 Å². The van der Waals surface area contributed by atoms with Crippen molar-refractivity contribution in [2.75, 3.05) is 12.1 Å². The van der Waals surface area contributed by atoms with E-state index in [1.54, 1.807) is 19.2 Å². The van der Waals surface area contributed by atoms with Crippen molar-refractivity contribution in [1.82, 2.24) is 9.78 Å². The molecule has 0 atom stereocenters. The minimum absolute atomic E-state index is 0.0259. The van der Waals surface area contributed by atoms with Crippen LogP contribution in [0, 0.1) is 6.92 Å². The lowest BCUT2D eigenvalue weighted by atomic mass is 10.1. The van der Waals surface area contributed by atoms with Crippen LogP contribution in [0.15, 0.2) is 30.5 Å². The number of aromatic nitrogens is 2. The number of hydroxylamine groups is 1. The third kappa shape index (κ3) is 2.70. The van der Waals surface area contributed by atoms with Crippen molar-refractivity contribution in [2.45, 2.75) is 13.1 Å². The van der Waals surface area contributed by atoms with Crippen molar-refractivity contribution in [1.29, 1.82) is 0 Å². The fourth-order valence-corrected chi connectivity index (χ4v) is 1.70. The summed E-state index contributed by atoms with van der Waals surface area (Å²) < 4.78 is 39.4. The van der Waals surface area contributed by atoms with Crippen molar-refractivity contribution in [2.24, 2.45) is 0 Å². The molecule has 0 aliphatic rings. The Balaban J connectivity index is 2.56. The van der Waals surface area contributed by atoms with Gasteiger partial charge in [0.2, 0.25) is 0 Å². The maximum absolute atomic E-state index is 12.6.